The summed E-state index contributed by atoms with van der Waals surface area (Å²) in [6.45, 7) is 6.61. The standard InChI is InChI=1S/C69H122O6/c1-4-7-10-13-16-19-22-25-28-31-33-34-36-39-42-45-48-51-54-57-60-63-69(72)75-66(64-73-67(70)61-58-55-52-49-46-43-40-37-30-27-24-21-18-15-12-9-6-3)65-74-68(71)62-59-56-53-50-47-44-41-38-35-32-29-26-23-20-17-14-11-8-5-2/h17,20,25-30,35,38,44,47,66H,4-16,18-19,21-24,31-34,36-37,39-43,45-46,48-65H2,1-3H3/b20-17-,28-25-,29-26-,30-27-,38-35-,47-44-/t66-/m0/s1. The van der Waals surface area contributed by atoms with Crippen molar-refractivity contribution in [2.75, 3.05) is 13.2 Å². The van der Waals surface area contributed by atoms with Gasteiger partial charge in [-0.1, -0.05) is 267 Å². The normalized spacial score (nSPS) is 12.5. The van der Waals surface area contributed by atoms with Crippen molar-refractivity contribution in [3.63, 3.8) is 0 Å². The van der Waals surface area contributed by atoms with E-state index in [9.17, 15) is 14.4 Å². The third-order valence-corrected chi connectivity index (χ3v) is 14.2. The number of carbonyl (C=O) groups is 3. The summed E-state index contributed by atoms with van der Waals surface area (Å²) in [6.07, 6.45) is 81.9. The molecule has 434 valence electrons. The summed E-state index contributed by atoms with van der Waals surface area (Å²) in [4.78, 5) is 38.3. The molecule has 0 N–H and O–H groups in total. The molecule has 0 spiro atoms. The molecule has 0 saturated carbocycles. The summed E-state index contributed by atoms with van der Waals surface area (Å²) < 4.78 is 16.9. The fourth-order valence-corrected chi connectivity index (χ4v) is 9.24. The van der Waals surface area contributed by atoms with Gasteiger partial charge < -0.3 is 14.2 Å². The lowest BCUT2D eigenvalue weighted by atomic mass is 10.0. The molecule has 0 radical (unpaired) electrons. The Morgan fingerprint density at radius 1 is 0.267 bits per heavy atom. The SMILES string of the molecule is CCCCC/C=C\C/C=C\C/C=C\C/C=C\CCCCCC(=O)OC[C@H](COC(=O)CCCCCCCCC/C=C\CCCCCCCC)OC(=O)CCCCCCCCCCCCC/C=C\CCCCCCCC. The predicted molar refractivity (Wildman–Crippen MR) is 325 cm³/mol. The molecule has 0 heterocycles. The van der Waals surface area contributed by atoms with Gasteiger partial charge in [0.15, 0.2) is 6.10 Å². The topological polar surface area (TPSA) is 78.9 Å². The highest BCUT2D eigenvalue weighted by molar-refractivity contribution is 5.71. The predicted octanol–water partition coefficient (Wildman–Crippen LogP) is 22.1. The maximum Gasteiger partial charge on any atom is 0.306 e. The molecule has 0 bridgehead atoms. The number of hydrogen-bond acceptors (Lipinski definition) is 6. The molecule has 0 amide bonds. The van der Waals surface area contributed by atoms with Gasteiger partial charge in [0.05, 0.1) is 0 Å². The summed E-state index contributed by atoms with van der Waals surface area (Å²) in [7, 11) is 0. The van der Waals surface area contributed by atoms with Crippen LogP contribution in [-0.2, 0) is 28.6 Å². The number of ether oxygens (including phenoxy) is 3. The first-order chi connectivity index (χ1) is 37.0. The Labute approximate surface area is 465 Å². The van der Waals surface area contributed by atoms with E-state index < -0.39 is 6.10 Å². The van der Waals surface area contributed by atoms with Gasteiger partial charge in [0.25, 0.3) is 0 Å². The molecule has 0 aliphatic heterocycles. The van der Waals surface area contributed by atoms with Crippen LogP contribution in [0.5, 0.6) is 0 Å². The van der Waals surface area contributed by atoms with Gasteiger partial charge in [0.2, 0.25) is 0 Å². The lowest BCUT2D eigenvalue weighted by Gasteiger charge is -2.18. The van der Waals surface area contributed by atoms with Crippen LogP contribution in [0.15, 0.2) is 72.9 Å². The highest BCUT2D eigenvalue weighted by Gasteiger charge is 2.19. The smallest absolute Gasteiger partial charge is 0.306 e. The van der Waals surface area contributed by atoms with E-state index in [4.69, 9.17) is 14.2 Å². The first-order valence-electron chi connectivity index (χ1n) is 32.4. The van der Waals surface area contributed by atoms with Crippen molar-refractivity contribution in [3.05, 3.63) is 72.9 Å². The van der Waals surface area contributed by atoms with E-state index in [1.54, 1.807) is 0 Å². The molecule has 0 unspecified atom stereocenters. The maximum absolute atomic E-state index is 12.9. The first kappa shape index (κ1) is 71.8. The van der Waals surface area contributed by atoms with Crippen LogP contribution >= 0.6 is 0 Å². The van der Waals surface area contributed by atoms with Crippen molar-refractivity contribution in [3.8, 4) is 0 Å². The zero-order valence-electron chi connectivity index (χ0n) is 49.8. The third kappa shape index (κ3) is 61.6. The maximum atomic E-state index is 12.9. The van der Waals surface area contributed by atoms with Gasteiger partial charge in [0.1, 0.15) is 13.2 Å². The van der Waals surface area contributed by atoms with Crippen LogP contribution in [0.4, 0.5) is 0 Å². The van der Waals surface area contributed by atoms with E-state index >= 15 is 0 Å². The lowest BCUT2D eigenvalue weighted by molar-refractivity contribution is -0.167. The van der Waals surface area contributed by atoms with Crippen molar-refractivity contribution in [2.24, 2.45) is 0 Å². The van der Waals surface area contributed by atoms with Crippen molar-refractivity contribution >= 4 is 17.9 Å². The Kier molecular flexibility index (Phi) is 60.7. The van der Waals surface area contributed by atoms with E-state index in [1.165, 1.54) is 205 Å². The van der Waals surface area contributed by atoms with Gasteiger partial charge in [-0.25, -0.2) is 0 Å². The molecular formula is C69H122O6. The van der Waals surface area contributed by atoms with Gasteiger partial charge in [-0.3, -0.25) is 14.4 Å². The average Bonchev–Trinajstić information content (AvgIpc) is 3.41. The molecule has 75 heavy (non-hydrogen) atoms. The molecule has 6 heteroatoms. The summed E-state index contributed by atoms with van der Waals surface area (Å²) >= 11 is 0. The molecule has 0 aromatic carbocycles. The minimum Gasteiger partial charge on any atom is -0.462 e. The quantitative estimate of drug-likeness (QED) is 0.0261. The Balaban J connectivity index is 4.42. The molecule has 0 aromatic rings. The molecule has 0 fully saturated rings. The molecule has 0 saturated heterocycles. The van der Waals surface area contributed by atoms with Gasteiger partial charge in [-0.2, -0.15) is 0 Å². The Morgan fingerprint density at radius 3 is 0.800 bits per heavy atom. The summed E-state index contributed by atoms with van der Waals surface area (Å²) in [5.41, 5.74) is 0. The van der Waals surface area contributed by atoms with E-state index in [1.807, 2.05) is 0 Å². The van der Waals surface area contributed by atoms with Gasteiger partial charge in [-0.05, 0) is 116 Å². The monoisotopic (exact) mass is 1050 g/mol. The van der Waals surface area contributed by atoms with Crippen molar-refractivity contribution in [2.45, 2.75) is 335 Å². The van der Waals surface area contributed by atoms with Crippen LogP contribution in [0.1, 0.15) is 329 Å². The van der Waals surface area contributed by atoms with E-state index in [0.29, 0.717) is 19.3 Å². The zero-order valence-corrected chi connectivity index (χ0v) is 49.8. The minimum absolute atomic E-state index is 0.0866. The Bertz CT molecular complexity index is 1390. The molecule has 0 aromatic heterocycles. The number of unbranched alkanes of at least 4 members (excludes halogenated alkanes) is 36. The molecule has 1 atom stereocenters. The highest BCUT2D eigenvalue weighted by Crippen LogP contribution is 2.16. The summed E-state index contributed by atoms with van der Waals surface area (Å²) in [6, 6.07) is 0. The molecule has 0 aliphatic rings. The number of allylic oxidation sites excluding steroid dienone is 12. The van der Waals surface area contributed by atoms with Crippen molar-refractivity contribution in [1.29, 1.82) is 0 Å². The van der Waals surface area contributed by atoms with Crippen LogP contribution in [0.3, 0.4) is 0 Å². The third-order valence-electron chi connectivity index (χ3n) is 14.2. The van der Waals surface area contributed by atoms with Gasteiger partial charge in [0, 0.05) is 19.3 Å². The van der Waals surface area contributed by atoms with Crippen LogP contribution < -0.4 is 0 Å². The second kappa shape index (κ2) is 63.4. The van der Waals surface area contributed by atoms with Gasteiger partial charge >= 0.3 is 17.9 Å². The van der Waals surface area contributed by atoms with Crippen molar-refractivity contribution < 1.29 is 28.6 Å². The lowest BCUT2D eigenvalue weighted by Crippen LogP contribution is -2.30. The van der Waals surface area contributed by atoms with Crippen LogP contribution in [0.25, 0.3) is 0 Å². The highest BCUT2D eigenvalue weighted by atomic mass is 16.6. The van der Waals surface area contributed by atoms with Crippen molar-refractivity contribution in [1.82, 2.24) is 0 Å². The van der Waals surface area contributed by atoms with E-state index in [-0.39, 0.29) is 31.1 Å². The minimum atomic E-state index is -0.792. The van der Waals surface area contributed by atoms with E-state index in [0.717, 1.165) is 83.5 Å². The second-order valence-electron chi connectivity index (χ2n) is 21.7. The summed E-state index contributed by atoms with van der Waals surface area (Å²) in [5, 5.41) is 0. The zero-order chi connectivity index (χ0) is 54.3. The van der Waals surface area contributed by atoms with Crippen LogP contribution in [0.2, 0.25) is 0 Å². The summed E-state index contributed by atoms with van der Waals surface area (Å²) in [5.74, 6) is -0.908. The number of carbonyl (C=O) groups excluding carboxylic acids is 3. The first-order valence-corrected chi connectivity index (χ1v) is 32.4. The number of hydrogen-bond donors (Lipinski definition) is 0. The second-order valence-corrected chi connectivity index (χ2v) is 21.7. The van der Waals surface area contributed by atoms with Crippen LogP contribution in [0, 0.1) is 0 Å². The number of esters is 3. The Hall–Kier alpha value is -3.15. The Morgan fingerprint density at radius 2 is 0.480 bits per heavy atom. The molecule has 0 rings (SSSR count). The largest absolute Gasteiger partial charge is 0.462 e. The number of rotatable bonds is 59. The average molecular weight is 1050 g/mol. The molecule has 0 aliphatic carbocycles. The molecular weight excluding hydrogens is 925 g/mol. The fraction of sp³-hybridized carbons (Fsp3) is 0.783. The fourth-order valence-electron chi connectivity index (χ4n) is 9.24. The molecule has 6 nitrogen and oxygen atoms in total. The van der Waals surface area contributed by atoms with Crippen LogP contribution in [-0.4, -0.2) is 37.2 Å². The van der Waals surface area contributed by atoms with E-state index in [2.05, 4.69) is 93.7 Å². The van der Waals surface area contributed by atoms with Gasteiger partial charge in [-0.15, -0.1) is 0 Å².